The van der Waals surface area contributed by atoms with Crippen LogP contribution >= 0.6 is 11.3 Å². The number of fused-ring (bicyclic) bond motifs is 1. The van der Waals surface area contributed by atoms with E-state index in [-0.39, 0.29) is 5.91 Å². The van der Waals surface area contributed by atoms with Crippen LogP contribution in [0.3, 0.4) is 0 Å². The van der Waals surface area contributed by atoms with Gasteiger partial charge >= 0.3 is 0 Å². The second kappa shape index (κ2) is 8.97. The topological polar surface area (TPSA) is 55.3 Å². The van der Waals surface area contributed by atoms with Crippen LogP contribution in [0.5, 0.6) is 5.88 Å². The summed E-state index contributed by atoms with van der Waals surface area (Å²) in [5.74, 6) is 0.684. The van der Waals surface area contributed by atoms with Crippen molar-refractivity contribution in [3.63, 3.8) is 0 Å². The summed E-state index contributed by atoms with van der Waals surface area (Å²) >= 11 is 1.44. The van der Waals surface area contributed by atoms with E-state index in [9.17, 15) is 4.79 Å². The summed E-state index contributed by atoms with van der Waals surface area (Å²) in [6, 6.07) is 0. The molecule has 0 aliphatic carbocycles. The third kappa shape index (κ3) is 4.04. The fourth-order valence-electron chi connectivity index (χ4n) is 2.65. The molecule has 0 radical (unpaired) electrons. The first kappa shape index (κ1) is 18.6. The summed E-state index contributed by atoms with van der Waals surface area (Å²) in [7, 11) is 0. The quantitative estimate of drug-likeness (QED) is 0.671. The van der Waals surface area contributed by atoms with Crippen LogP contribution in [-0.4, -0.2) is 40.5 Å². The number of aromatic nitrogens is 2. The fourth-order valence-corrected chi connectivity index (χ4v) is 3.75. The van der Waals surface area contributed by atoms with Gasteiger partial charge in [0.2, 0.25) is 5.88 Å². The van der Waals surface area contributed by atoms with Crippen molar-refractivity contribution < 1.29 is 9.53 Å². The minimum Gasteiger partial charge on any atom is -0.477 e. The van der Waals surface area contributed by atoms with Gasteiger partial charge in [-0.3, -0.25) is 4.79 Å². The molecule has 0 spiro atoms. The Morgan fingerprint density at radius 3 is 2.42 bits per heavy atom. The van der Waals surface area contributed by atoms with Crippen LogP contribution in [0.1, 0.15) is 61.7 Å². The van der Waals surface area contributed by atoms with Crippen molar-refractivity contribution in [3.8, 4) is 5.88 Å². The Bertz CT molecular complexity index is 676. The number of thiophene rings is 1. The number of rotatable bonds is 9. The summed E-state index contributed by atoms with van der Waals surface area (Å²) in [6.07, 6.45) is 5.73. The largest absolute Gasteiger partial charge is 0.477 e. The Morgan fingerprint density at radius 2 is 1.83 bits per heavy atom. The van der Waals surface area contributed by atoms with E-state index in [2.05, 4.69) is 23.8 Å². The van der Waals surface area contributed by atoms with Crippen molar-refractivity contribution in [2.75, 3.05) is 19.7 Å². The molecule has 2 aromatic heterocycles. The van der Waals surface area contributed by atoms with Crippen molar-refractivity contribution in [3.05, 3.63) is 16.8 Å². The van der Waals surface area contributed by atoms with Gasteiger partial charge in [-0.15, -0.1) is 11.3 Å². The SMILES string of the molecule is CCCCN(CCCC)C(=O)c1sc2ncnc(OCC)c2c1C. The molecule has 2 heterocycles. The highest BCUT2D eigenvalue weighted by Crippen LogP contribution is 2.35. The number of hydrogen-bond donors (Lipinski definition) is 0. The lowest BCUT2D eigenvalue weighted by Gasteiger charge is -2.22. The molecule has 1 amide bonds. The predicted octanol–water partition coefficient (Wildman–Crippen LogP) is 4.44. The minimum absolute atomic E-state index is 0.111. The molecule has 0 N–H and O–H groups in total. The van der Waals surface area contributed by atoms with Gasteiger partial charge in [-0.05, 0) is 32.3 Å². The van der Waals surface area contributed by atoms with E-state index >= 15 is 0 Å². The normalized spacial score (nSPS) is 11.0. The molecule has 0 saturated carbocycles. The number of amides is 1. The number of nitrogens with zero attached hydrogens (tertiary/aromatic N) is 3. The maximum atomic E-state index is 13.1. The van der Waals surface area contributed by atoms with E-state index in [0.29, 0.717) is 12.5 Å². The molecule has 132 valence electrons. The Kier molecular flexibility index (Phi) is 6.97. The average Bonchev–Trinajstić information content (AvgIpc) is 2.93. The Labute approximate surface area is 148 Å². The standard InChI is InChI=1S/C18H27N3O2S/c1-5-8-10-21(11-9-6-2)18(22)15-13(4)14-16(23-7-3)19-12-20-17(14)24-15/h12H,5-11H2,1-4H3. The number of carbonyl (C=O) groups is 1. The zero-order chi connectivity index (χ0) is 17.5. The highest BCUT2D eigenvalue weighted by Gasteiger charge is 2.23. The van der Waals surface area contributed by atoms with Gasteiger partial charge in [0.1, 0.15) is 11.2 Å². The van der Waals surface area contributed by atoms with Gasteiger partial charge in [0.15, 0.2) is 0 Å². The molecule has 24 heavy (non-hydrogen) atoms. The van der Waals surface area contributed by atoms with Crippen molar-refractivity contribution in [2.45, 2.75) is 53.4 Å². The van der Waals surface area contributed by atoms with Crippen LogP contribution < -0.4 is 4.74 Å². The molecule has 5 nitrogen and oxygen atoms in total. The number of carbonyl (C=O) groups excluding carboxylic acids is 1. The molecule has 0 atom stereocenters. The van der Waals surface area contributed by atoms with Gasteiger partial charge in [-0.1, -0.05) is 26.7 Å². The maximum Gasteiger partial charge on any atom is 0.264 e. The Morgan fingerprint density at radius 1 is 1.17 bits per heavy atom. The molecule has 2 aromatic rings. The Hall–Kier alpha value is -1.69. The molecule has 0 fully saturated rings. The second-order valence-electron chi connectivity index (χ2n) is 5.85. The first-order valence-electron chi connectivity index (χ1n) is 8.80. The second-order valence-corrected chi connectivity index (χ2v) is 6.85. The zero-order valence-electron chi connectivity index (χ0n) is 15.1. The molecular weight excluding hydrogens is 322 g/mol. The maximum absolute atomic E-state index is 13.1. The molecule has 0 bridgehead atoms. The van der Waals surface area contributed by atoms with Gasteiger partial charge in [0.05, 0.1) is 16.9 Å². The van der Waals surface area contributed by atoms with Crippen LogP contribution in [0.15, 0.2) is 6.33 Å². The monoisotopic (exact) mass is 349 g/mol. The van der Waals surface area contributed by atoms with Gasteiger partial charge < -0.3 is 9.64 Å². The Balaban J connectivity index is 2.36. The molecule has 0 unspecified atom stereocenters. The molecule has 0 aromatic carbocycles. The zero-order valence-corrected chi connectivity index (χ0v) is 15.9. The first-order chi connectivity index (χ1) is 11.6. The smallest absolute Gasteiger partial charge is 0.264 e. The third-order valence-corrected chi connectivity index (χ3v) is 5.21. The number of ether oxygens (including phenoxy) is 1. The highest BCUT2D eigenvalue weighted by atomic mass is 32.1. The molecule has 0 aliphatic rings. The van der Waals surface area contributed by atoms with Crippen LogP contribution in [0.25, 0.3) is 10.2 Å². The van der Waals surface area contributed by atoms with Crippen LogP contribution in [0, 0.1) is 6.92 Å². The van der Waals surface area contributed by atoms with E-state index in [0.717, 1.165) is 59.4 Å². The van der Waals surface area contributed by atoms with E-state index in [1.807, 2.05) is 18.7 Å². The summed E-state index contributed by atoms with van der Waals surface area (Å²) < 4.78 is 5.61. The van der Waals surface area contributed by atoms with Crippen molar-refractivity contribution in [2.24, 2.45) is 0 Å². The van der Waals surface area contributed by atoms with Crippen LogP contribution in [0.2, 0.25) is 0 Å². The molecule has 0 saturated heterocycles. The minimum atomic E-state index is 0.111. The molecule has 2 rings (SSSR count). The lowest BCUT2D eigenvalue weighted by atomic mass is 10.2. The fraction of sp³-hybridized carbons (Fsp3) is 0.611. The summed E-state index contributed by atoms with van der Waals surface area (Å²) in [6.45, 7) is 10.4. The number of aryl methyl sites for hydroxylation is 1. The van der Waals surface area contributed by atoms with Crippen molar-refractivity contribution >= 4 is 27.5 Å². The summed E-state index contributed by atoms with van der Waals surface area (Å²) in [5.41, 5.74) is 0.932. The highest BCUT2D eigenvalue weighted by molar-refractivity contribution is 7.20. The van der Waals surface area contributed by atoms with Crippen LogP contribution in [-0.2, 0) is 0 Å². The van der Waals surface area contributed by atoms with E-state index in [1.54, 1.807) is 0 Å². The van der Waals surface area contributed by atoms with Gasteiger partial charge in [0.25, 0.3) is 5.91 Å². The summed E-state index contributed by atoms with van der Waals surface area (Å²) in [5, 5.41) is 0.874. The molecule has 6 heteroatoms. The first-order valence-corrected chi connectivity index (χ1v) is 9.61. The van der Waals surface area contributed by atoms with Gasteiger partial charge in [0, 0.05) is 13.1 Å². The predicted molar refractivity (Wildman–Crippen MR) is 99.0 cm³/mol. The van der Waals surface area contributed by atoms with Crippen LogP contribution in [0.4, 0.5) is 0 Å². The molecular formula is C18H27N3O2S. The van der Waals surface area contributed by atoms with Gasteiger partial charge in [-0.25, -0.2) is 9.97 Å². The summed E-state index contributed by atoms with van der Waals surface area (Å²) in [4.78, 5) is 25.2. The molecule has 0 aliphatic heterocycles. The van der Waals surface area contributed by atoms with E-state index in [1.165, 1.54) is 17.7 Å². The van der Waals surface area contributed by atoms with E-state index in [4.69, 9.17) is 4.74 Å². The van der Waals surface area contributed by atoms with Crippen molar-refractivity contribution in [1.29, 1.82) is 0 Å². The lowest BCUT2D eigenvalue weighted by molar-refractivity contribution is 0.0755. The van der Waals surface area contributed by atoms with E-state index < -0.39 is 0 Å². The third-order valence-electron chi connectivity index (χ3n) is 4.02. The van der Waals surface area contributed by atoms with Crippen molar-refractivity contribution in [1.82, 2.24) is 14.9 Å². The lowest BCUT2D eigenvalue weighted by Crippen LogP contribution is -2.32. The average molecular weight is 350 g/mol. The number of unbranched alkanes of at least 4 members (excludes halogenated alkanes) is 2. The number of hydrogen-bond acceptors (Lipinski definition) is 5. The van der Waals surface area contributed by atoms with Gasteiger partial charge in [-0.2, -0.15) is 0 Å².